The molecule has 0 aromatic carbocycles. The van der Waals surface area contributed by atoms with Crippen molar-refractivity contribution in [1.29, 1.82) is 0 Å². The summed E-state index contributed by atoms with van der Waals surface area (Å²) >= 11 is 0. The zero-order chi connectivity index (χ0) is 14.3. The van der Waals surface area contributed by atoms with Gasteiger partial charge in [0, 0.05) is 50.1 Å². The fourth-order valence-corrected chi connectivity index (χ4v) is 2.72. The molecule has 1 N–H and O–H groups in total. The summed E-state index contributed by atoms with van der Waals surface area (Å²) in [6.07, 6.45) is 6.66. The summed E-state index contributed by atoms with van der Waals surface area (Å²) in [5, 5.41) is 15.5. The van der Waals surface area contributed by atoms with Crippen molar-refractivity contribution in [3.05, 3.63) is 30.4 Å². The van der Waals surface area contributed by atoms with Crippen molar-refractivity contribution in [1.82, 2.24) is 19.7 Å². The fourth-order valence-electron chi connectivity index (χ4n) is 2.72. The first-order valence-electron chi connectivity index (χ1n) is 7.35. The third-order valence-corrected chi connectivity index (χ3v) is 4.12. The van der Waals surface area contributed by atoms with Gasteiger partial charge in [-0.15, -0.1) is 0 Å². The number of hydrogen-bond donors (Lipinski definition) is 1. The monoisotopic (exact) mass is 285 g/mol. The fraction of sp³-hybridized carbons (Fsp3) is 0.533. The largest absolute Gasteiger partial charge is 0.382 e. The molecule has 1 radical (unpaired) electrons. The van der Waals surface area contributed by atoms with Crippen LogP contribution < -0.4 is 0 Å². The second-order valence-corrected chi connectivity index (χ2v) is 5.75. The number of rotatable bonds is 3. The number of ether oxygens (including phenoxy) is 1. The lowest BCUT2D eigenvalue weighted by Crippen LogP contribution is -2.36. The Labute approximate surface area is 122 Å². The van der Waals surface area contributed by atoms with Crippen LogP contribution in [0.5, 0.6) is 0 Å². The van der Waals surface area contributed by atoms with Crippen LogP contribution in [0.1, 0.15) is 37.5 Å². The predicted octanol–water partition coefficient (Wildman–Crippen LogP) is 1.47. The van der Waals surface area contributed by atoms with Crippen LogP contribution >= 0.6 is 0 Å². The summed E-state index contributed by atoms with van der Waals surface area (Å²) in [6.45, 7) is 1.12. The molecule has 6 heteroatoms. The van der Waals surface area contributed by atoms with Gasteiger partial charge in [-0.1, -0.05) is 0 Å². The van der Waals surface area contributed by atoms with E-state index in [0.717, 1.165) is 18.4 Å². The van der Waals surface area contributed by atoms with Crippen LogP contribution in [0.3, 0.4) is 0 Å². The summed E-state index contributed by atoms with van der Waals surface area (Å²) in [4.78, 5) is 8.69. The standard InChI is InChI=1S/C15H17N4O2/c20-15(5-8-21-9-6-15)14-17-13(11-2-1-7-16-10-11)18-19(14)12-3-4-12/h2,7,10,12,20H,3-6,8-9H2. The molecule has 2 aliphatic rings. The van der Waals surface area contributed by atoms with Gasteiger partial charge in [-0.3, -0.25) is 4.98 Å². The Hall–Kier alpha value is -1.79. The van der Waals surface area contributed by atoms with Crippen molar-refractivity contribution >= 4 is 0 Å². The molecule has 0 amide bonds. The van der Waals surface area contributed by atoms with Crippen LogP contribution in [0, 0.1) is 6.07 Å². The molecule has 2 fully saturated rings. The molecule has 2 aromatic rings. The molecule has 1 aliphatic carbocycles. The normalized spacial score (nSPS) is 21.4. The van der Waals surface area contributed by atoms with Crippen molar-refractivity contribution in [3.8, 4) is 11.4 Å². The molecular formula is C15H17N4O2. The highest BCUT2D eigenvalue weighted by atomic mass is 16.5. The average molecular weight is 285 g/mol. The lowest BCUT2D eigenvalue weighted by atomic mass is 9.93. The molecule has 4 rings (SSSR count). The number of aliphatic hydroxyl groups is 1. The van der Waals surface area contributed by atoms with Gasteiger partial charge < -0.3 is 9.84 Å². The summed E-state index contributed by atoms with van der Waals surface area (Å²) in [6, 6.07) is 5.13. The summed E-state index contributed by atoms with van der Waals surface area (Å²) in [7, 11) is 0. The van der Waals surface area contributed by atoms with Crippen molar-refractivity contribution in [2.45, 2.75) is 37.3 Å². The Kier molecular flexibility index (Phi) is 3.01. The second kappa shape index (κ2) is 4.89. The molecule has 0 unspecified atom stereocenters. The maximum Gasteiger partial charge on any atom is 0.183 e. The molecule has 0 spiro atoms. The Morgan fingerprint density at radius 3 is 2.81 bits per heavy atom. The van der Waals surface area contributed by atoms with Crippen LogP contribution in [0.15, 0.2) is 18.5 Å². The predicted molar refractivity (Wildman–Crippen MR) is 74.3 cm³/mol. The van der Waals surface area contributed by atoms with E-state index in [9.17, 15) is 5.11 Å². The maximum atomic E-state index is 10.9. The summed E-state index contributed by atoms with van der Waals surface area (Å²) < 4.78 is 7.27. The van der Waals surface area contributed by atoms with Crippen molar-refractivity contribution in [3.63, 3.8) is 0 Å². The minimum atomic E-state index is -0.933. The molecule has 0 bridgehead atoms. The van der Waals surface area contributed by atoms with E-state index in [1.807, 2.05) is 10.7 Å². The molecule has 109 valence electrons. The second-order valence-electron chi connectivity index (χ2n) is 5.75. The zero-order valence-electron chi connectivity index (χ0n) is 11.7. The number of pyridine rings is 1. The SMILES string of the molecule is OC1(c2nc(-c3c[c]cnc3)nn2C2CC2)CCOCC1. The summed E-state index contributed by atoms with van der Waals surface area (Å²) in [5.41, 5.74) is -0.105. The Morgan fingerprint density at radius 1 is 1.33 bits per heavy atom. The number of hydrogen-bond acceptors (Lipinski definition) is 5. The van der Waals surface area contributed by atoms with Crippen molar-refractivity contribution in [2.24, 2.45) is 0 Å². The van der Waals surface area contributed by atoms with Gasteiger partial charge in [0.1, 0.15) is 5.60 Å². The van der Waals surface area contributed by atoms with Gasteiger partial charge in [0.25, 0.3) is 0 Å². The molecule has 6 nitrogen and oxygen atoms in total. The molecule has 2 aromatic heterocycles. The van der Waals surface area contributed by atoms with Gasteiger partial charge in [0.2, 0.25) is 0 Å². The van der Waals surface area contributed by atoms with Gasteiger partial charge in [0.05, 0.1) is 6.04 Å². The third kappa shape index (κ3) is 2.34. The summed E-state index contributed by atoms with van der Waals surface area (Å²) in [5.74, 6) is 1.29. The topological polar surface area (TPSA) is 73.1 Å². The molecule has 1 saturated carbocycles. The molecule has 3 heterocycles. The van der Waals surface area contributed by atoms with Crippen LogP contribution in [-0.4, -0.2) is 38.1 Å². The minimum absolute atomic E-state index is 0.369. The Balaban J connectivity index is 1.77. The minimum Gasteiger partial charge on any atom is -0.382 e. The zero-order valence-corrected chi connectivity index (χ0v) is 11.7. The smallest absolute Gasteiger partial charge is 0.183 e. The molecule has 21 heavy (non-hydrogen) atoms. The van der Waals surface area contributed by atoms with E-state index in [1.165, 1.54) is 0 Å². The van der Waals surface area contributed by atoms with E-state index in [4.69, 9.17) is 4.74 Å². The highest BCUT2D eigenvalue weighted by Gasteiger charge is 2.40. The van der Waals surface area contributed by atoms with Crippen LogP contribution in [0.4, 0.5) is 0 Å². The van der Waals surface area contributed by atoms with Gasteiger partial charge >= 0.3 is 0 Å². The molecular weight excluding hydrogens is 268 g/mol. The molecule has 1 saturated heterocycles. The van der Waals surface area contributed by atoms with E-state index in [0.29, 0.717) is 43.7 Å². The average Bonchev–Trinajstić information content (AvgIpc) is 3.27. The lowest BCUT2D eigenvalue weighted by Gasteiger charge is -2.31. The van der Waals surface area contributed by atoms with E-state index < -0.39 is 5.60 Å². The number of aromatic nitrogens is 4. The van der Waals surface area contributed by atoms with Crippen LogP contribution in [-0.2, 0) is 10.3 Å². The first-order chi connectivity index (χ1) is 10.3. The third-order valence-electron chi connectivity index (χ3n) is 4.12. The van der Waals surface area contributed by atoms with E-state index in [-0.39, 0.29) is 0 Å². The van der Waals surface area contributed by atoms with Gasteiger partial charge in [0.15, 0.2) is 11.6 Å². The lowest BCUT2D eigenvalue weighted by molar-refractivity contribution is -0.0757. The molecule has 0 atom stereocenters. The van der Waals surface area contributed by atoms with Gasteiger partial charge in [-0.05, 0) is 18.9 Å². The quantitative estimate of drug-likeness (QED) is 0.924. The van der Waals surface area contributed by atoms with Crippen LogP contribution in [0.25, 0.3) is 11.4 Å². The Bertz CT molecular complexity index is 630. The van der Waals surface area contributed by atoms with E-state index in [2.05, 4.69) is 21.1 Å². The van der Waals surface area contributed by atoms with Gasteiger partial charge in [-0.25, -0.2) is 9.67 Å². The highest BCUT2D eigenvalue weighted by Crippen LogP contribution is 2.40. The van der Waals surface area contributed by atoms with Gasteiger partial charge in [-0.2, -0.15) is 5.10 Å². The van der Waals surface area contributed by atoms with E-state index >= 15 is 0 Å². The Morgan fingerprint density at radius 2 is 2.14 bits per heavy atom. The van der Waals surface area contributed by atoms with E-state index in [1.54, 1.807) is 12.4 Å². The van der Waals surface area contributed by atoms with Crippen LogP contribution in [0.2, 0.25) is 0 Å². The van der Waals surface area contributed by atoms with Crippen molar-refractivity contribution in [2.75, 3.05) is 13.2 Å². The number of nitrogens with zero attached hydrogens (tertiary/aromatic N) is 4. The molecule has 1 aliphatic heterocycles. The first kappa shape index (κ1) is 12.9. The maximum absolute atomic E-state index is 10.9. The highest BCUT2D eigenvalue weighted by molar-refractivity contribution is 5.52. The first-order valence-corrected chi connectivity index (χ1v) is 7.35. The van der Waals surface area contributed by atoms with Crippen molar-refractivity contribution < 1.29 is 9.84 Å².